The molecule has 2 aromatic carbocycles. The molecule has 0 radical (unpaired) electrons. The molecule has 2 aromatic rings. The smallest absolute Gasteiger partial charge is 0.271 e. The SMILES string of the molecule is CCOc1cc(C(=O)Nc2cccc([N+](=O)[O-])c2)cc(Br)c1OCC. The van der Waals surface area contributed by atoms with Crippen LogP contribution >= 0.6 is 15.9 Å². The van der Waals surface area contributed by atoms with Crippen molar-refractivity contribution in [3.63, 3.8) is 0 Å². The van der Waals surface area contributed by atoms with Gasteiger partial charge >= 0.3 is 0 Å². The van der Waals surface area contributed by atoms with E-state index >= 15 is 0 Å². The highest BCUT2D eigenvalue weighted by Crippen LogP contribution is 2.37. The highest BCUT2D eigenvalue weighted by molar-refractivity contribution is 9.10. The van der Waals surface area contributed by atoms with Crippen molar-refractivity contribution >= 4 is 33.2 Å². The highest BCUT2D eigenvalue weighted by atomic mass is 79.9. The second-order valence-electron chi connectivity index (χ2n) is 4.91. The number of nitro groups is 1. The second kappa shape index (κ2) is 8.48. The number of rotatable bonds is 7. The van der Waals surface area contributed by atoms with Crippen LogP contribution < -0.4 is 14.8 Å². The summed E-state index contributed by atoms with van der Waals surface area (Å²) >= 11 is 3.38. The molecular weight excluding hydrogens is 392 g/mol. The van der Waals surface area contributed by atoms with E-state index in [1.807, 2.05) is 13.8 Å². The lowest BCUT2D eigenvalue weighted by Crippen LogP contribution is -2.13. The molecule has 0 bridgehead atoms. The van der Waals surface area contributed by atoms with Gasteiger partial charge in [0.05, 0.1) is 22.6 Å². The third-order valence-corrected chi connectivity index (χ3v) is 3.76. The minimum Gasteiger partial charge on any atom is -0.490 e. The van der Waals surface area contributed by atoms with Gasteiger partial charge in [0.25, 0.3) is 11.6 Å². The van der Waals surface area contributed by atoms with Crippen LogP contribution in [0.4, 0.5) is 11.4 Å². The van der Waals surface area contributed by atoms with Crippen LogP contribution in [0.15, 0.2) is 40.9 Å². The fraction of sp³-hybridized carbons (Fsp3) is 0.235. The van der Waals surface area contributed by atoms with E-state index in [1.165, 1.54) is 18.2 Å². The molecule has 0 atom stereocenters. The third-order valence-electron chi connectivity index (χ3n) is 3.18. The number of hydrogen-bond donors (Lipinski definition) is 1. The molecule has 1 amide bonds. The first-order valence-electron chi connectivity index (χ1n) is 7.61. The van der Waals surface area contributed by atoms with Crippen molar-refractivity contribution in [3.05, 3.63) is 56.5 Å². The Morgan fingerprint density at radius 2 is 1.92 bits per heavy atom. The van der Waals surface area contributed by atoms with Gasteiger partial charge in [-0.15, -0.1) is 0 Å². The molecule has 25 heavy (non-hydrogen) atoms. The Balaban J connectivity index is 2.29. The summed E-state index contributed by atoms with van der Waals surface area (Å²) in [5.74, 6) is 0.560. The van der Waals surface area contributed by atoms with Gasteiger partial charge in [-0.2, -0.15) is 0 Å². The highest BCUT2D eigenvalue weighted by Gasteiger charge is 2.16. The van der Waals surface area contributed by atoms with E-state index in [1.54, 1.807) is 18.2 Å². The number of benzene rings is 2. The Hall–Kier alpha value is -2.61. The Morgan fingerprint density at radius 3 is 2.56 bits per heavy atom. The van der Waals surface area contributed by atoms with Crippen molar-refractivity contribution in [1.29, 1.82) is 0 Å². The van der Waals surface area contributed by atoms with Crippen molar-refractivity contribution in [3.8, 4) is 11.5 Å². The minimum absolute atomic E-state index is 0.0966. The van der Waals surface area contributed by atoms with Gasteiger partial charge < -0.3 is 14.8 Å². The van der Waals surface area contributed by atoms with Crippen LogP contribution in [0.5, 0.6) is 11.5 Å². The van der Waals surface area contributed by atoms with Gasteiger partial charge in [-0.3, -0.25) is 14.9 Å². The molecule has 0 aliphatic carbocycles. The van der Waals surface area contributed by atoms with Crippen molar-refractivity contribution in [2.75, 3.05) is 18.5 Å². The Bertz CT molecular complexity index is 795. The number of anilines is 1. The first-order valence-corrected chi connectivity index (χ1v) is 8.40. The predicted octanol–water partition coefficient (Wildman–Crippen LogP) is 4.41. The van der Waals surface area contributed by atoms with Crippen molar-refractivity contribution in [2.45, 2.75) is 13.8 Å². The molecular formula is C17H17BrN2O5. The Kier molecular flexibility index (Phi) is 6.35. The normalized spacial score (nSPS) is 10.2. The Labute approximate surface area is 153 Å². The van der Waals surface area contributed by atoms with Crippen molar-refractivity contribution < 1.29 is 19.2 Å². The molecule has 7 nitrogen and oxygen atoms in total. The fourth-order valence-electron chi connectivity index (χ4n) is 2.15. The number of non-ortho nitro benzene ring substituents is 1. The average Bonchev–Trinajstić information content (AvgIpc) is 2.58. The zero-order valence-electron chi connectivity index (χ0n) is 13.7. The monoisotopic (exact) mass is 408 g/mol. The summed E-state index contributed by atoms with van der Waals surface area (Å²) in [6, 6.07) is 8.93. The molecule has 8 heteroatoms. The first kappa shape index (κ1) is 18.7. The van der Waals surface area contributed by atoms with Crippen LogP contribution in [0.25, 0.3) is 0 Å². The Morgan fingerprint density at radius 1 is 1.20 bits per heavy atom. The summed E-state index contributed by atoms with van der Waals surface area (Å²) < 4.78 is 11.7. The molecule has 2 rings (SSSR count). The van der Waals surface area contributed by atoms with Crippen molar-refractivity contribution in [1.82, 2.24) is 0 Å². The number of amides is 1. The minimum atomic E-state index is -0.518. The van der Waals surface area contributed by atoms with Crippen LogP contribution in [-0.4, -0.2) is 24.0 Å². The van der Waals surface area contributed by atoms with Crippen LogP contribution in [0.2, 0.25) is 0 Å². The molecule has 1 N–H and O–H groups in total. The summed E-state index contributed by atoms with van der Waals surface area (Å²) in [7, 11) is 0. The topological polar surface area (TPSA) is 90.7 Å². The lowest BCUT2D eigenvalue weighted by Gasteiger charge is -2.14. The number of nitrogens with zero attached hydrogens (tertiary/aromatic N) is 1. The second-order valence-corrected chi connectivity index (χ2v) is 5.77. The van der Waals surface area contributed by atoms with E-state index in [0.29, 0.717) is 40.4 Å². The molecule has 0 aromatic heterocycles. The summed E-state index contributed by atoms with van der Waals surface area (Å²) in [5, 5.41) is 13.5. The molecule has 0 aliphatic rings. The molecule has 0 fully saturated rings. The summed E-state index contributed by atoms with van der Waals surface area (Å²) in [6.45, 7) is 4.56. The van der Waals surface area contributed by atoms with Gasteiger partial charge in [0.15, 0.2) is 11.5 Å². The van der Waals surface area contributed by atoms with Crippen LogP contribution in [0.3, 0.4) is 0 Å². The number of hydrogen-bond acceptors (Lipinski definition) is 5. The van der Waals surface area contributed by atoms with E-state index in [0.717, 1.165) is 0 Å². The number of carbonyl (C=O) groups excluding carboxylic acids is 1. The van der Waals surface area contributed by atoms with Gasteiger partial charge in [0.1, 0.15) is 0 Å². The first-order chi connectivity index (χ1) is 12.0. The van der Waals surface area contributed by atoms with Crippen molar-refractivity contribution in [2.24, 2.45) is 0 Å². The number of nitrogens with one attached hydrogen (secondary N) is 1. The number of carbonyl (C=O) groups is 1. The zero-order chi connectivity index (χ0) is 18.4. The standard InChI is InChI=1S/C17H17BrN2O5/c1-3-24-15-9-11(8-14(18)16(15)25-4-2)17(21)19-12-6-5-7-13(10-12)20(22)23/h5-10H,3-4H2,1-2H3,(H,19,21). The molecule has 0 saturated carbocycles. The molecule has 0 spiro atoms. The molecule has 0 aliphatic heterocycles. The molecule has 0 unspecified atom stereocenters. The van der Waals surface area contributed by atoms with Crippen LogP contribution in [0, 0.1) is 10.1 Å². The van der Waals surface area contributed by atoms with Crippen LogP contribution in [-0.2, 0) is 0 Å². The maximum absolute atomic E-state index is 12.5. The van der Waals surface area contributed by atoms with E-state index in [-0.39, 0.29) is 5.69 Å². The van der Waals surface area contributed by atoms with Gasteiger partial charge in [0, 0.05) is 23.4 Å². The van der Waals surface area contributed by atoms with E-state index < -0.39 is 10.8 Å². The van der Waals surface area contributed by atoms with Gasteiger partial charge in [-0.25, -0.2) is 0 Å². The largest absolute Gasteiger partial charge is 0.490 e. The van der Waals surface area contributed by atoms with Gasteiger partial charge in [0.2, 0.25) is 0 Å². The average molecular weight is 409 g/mol. The number of halogens is 1. The van der Waals surface area contributed by atoms with E-state index in [2.05, 4.69) is 21.2 Å². The maximum atomic E-state index is 12.5. The number of nitro benzene ring substituents is 1. The fourth-order valence-corrected chi connectivity index (χ4v) is 2.70. The number of ether oxygens (including phenoxy) is 2. The lowest BCUT2D eigenvalue weighted by atomic mass is 10.1. The zero-order valence-corrected chi connectivity index (χ0v) is 15.3. The summed E-state index contributed by atoms with van der Waals surface area (Å²) in [4.78, 5) is 22.8. The summed E-state index contributed by atoms with van der Waals surface area (Å²) in [5.41, 5.74) is 0.577. The van der Waals surface area contributed by atoms with E-state index in [4.69, 9.17) is 9.47 Å². The lowest BCUT2D eigenvalue weighted by molar-refractivity contribution is -0.384. The van der Waals surface area contributed by atoms with Crippen LogP contribution in [0.1, 0.15) is 24.2 Å². The maximum Gasteiger partial charge on any atom is 0.271 e. The van der Waals surface area contributed by atoms with Gasteiger partial charge in [-0.1, -0.05) is 6.07 Å². The van der Waals surface area contributed by atoms with Gasteiger partial charge in [-0.05, 0) is 48.0 Å². The molecule has 0 heterocycles. The quantitative estimate of drug-likeness (QED) is 0.541. The molecule has 132 valence electrons. The van der Waals surface area contributed by atoms with E-state index in [9.17, 15) is 14.9 Å². The predicted molar refractivity (Wildman–Crippen MR) is 97.5 cm³/mol. The third kappa shape index (κ3) is 4.69. The summed E-state index contributed by atoms with van der Waals surface area (Å²) in [6.07, 6.45) is 0. The molecule has 0 saturated heterocycles.